The second kappa shape index (κ2) is 6.35. The molecule has 0 aliphatic carbocycles. The molecule has 6 rings (SSSR count). The summed E-state index contributed by atoms with van der Waals surface area (Å²) in [6.45, 7) is 2.04. The zero-order chi connectivity index (χ0) is 20.4. The molecule has 0 unspecified atom stereocenters. The van der Waals surface area contributed by atoms with Crippen molar-refractivity contribution in [1.82, 2.24) is 4.98 Å². The maximum absolute atomic E-state index is 13.0. The average Bonchev–Trinajstić information content (AvgIpc) is 3.16. The summed E-state index contributed by atoms with van der Waals surface area (Å²) >= 11 is 6.04. The van der Waals surface area contributed by atoms with Crippen LogP contribution in [-0.2, 0) is 12.8 Å². The highest BCUT2D eigenvalue weighted by molar-refractivity contribution is 6.31. The SMILES string of the molecule is N#Cc1c(-c2nc3cc(Cl)ccc3o2)c(=O)oc2c3c4c(cc12)CCCN4CCC3. The van der Waals surface area contributed by atoms with Gasteiger partial charge in [0.25, 0.3) is 0 Å². The quantitative estimate of drug-likeness (QED) is 0.413. The van der Waals surface area contributed by atoms with E-state index >= 15 is 0 Å². The molecule has 2 aliphatic heterocycles. The Kier molecular flexibility index (Phi) is 3.71. The molecule has 7 heteroatoms. The van der Waals surface area contributed by atoms with Gasteiger partial charge in [0.15, 0.2) is 5.58 Å². The highest BCUT2D eigenvalue weighted by atomic mass is 35.5. The van der Waals surface area contributed by atoms with Crippen molar-refractivity contribution in [3.63, 3.8) is 0 Å². The Labute approximate surface area is 176 Å². The number of aromatic nitrogens is 1. The van der Waals surface area contributed by atoms with Crippen LogP contribution in [0.1, 0.15) is 29.5 Å². The van der Waals surface area contributed by atoms with Gasteiger partial charge in [0.05, 0.1) is 5.56 Å². The van der Waals surface area contributed by atoms with E-state index in [-0.39, 0.29) is 17.0 Å². The molecule has 0 bridgehead atoms. The zero-order valence-electron chi connectivity index (χ0n) is 16.0. The Hall–Kier alpha value is -3.30. The lowest BCUT2D eigenvalue weighted by molar-refractivity contribution is 0.543. The van der Waals surface area contributed by atoms with E-state index in [4.69, 9.17) is 20.4 Å². The molecule has 4 aromatic rings. The predicted octanol–water partition coefficient (Wildman–Crippen LogP) is 4.83. The van der Waals surface area contributed by atoms with E-state index in [9.17, 15) is 10.1 Å². The number of halogens is 1. The van der Waals surface area contributed by atoms with Crippen molar-refractivity contribution in [2.45, 2.75) is 25.7 Å². The predicted molar refractivity (Wildman–Crippen MR) is 114 cm³/mol. The molecule has 0 N–H and O–H groups in total. The first-order valence-electron chi connectivity index (χ1n) is 10.0. The average molecular weight is 418 g/mol. The van der Waals surface area contributed by atoms with Crippen molar-refractivity contribution in [1.29, 1.82) is 5.26 Å². The fourth-order valence-corrected chi connectivity index (χ4v) is 5.00. The van der Waals surface area contributed by atoms with Crippen molar-refractivity contribution in [3.8, 4) is 17.5 Å². The number of rotatable bonds is 1. The number of hydrogen-bond donors (Lipinski definition) is 0. The second-order valence-corrected chi connectivity index (χ2v) is 8.25. The first kappa shape index (κ1) is 17.5. The zero-order valence-corrected chi connectivity index (χ0v) is 16.8. The van der Waals surface area contributed by atoms with Crippen molar-refractivity contribution in [2.24, 2.45) is 0 Å². The first-order valence-corrected chi connectivity index (χ1v) is 10.4. The van der Waals surface area contributed by atoms with Crippen LogP contribution in [0.2, 0.25) is 5.02 Å². The summed E-state index contributed by atoms with van der Waals surface area (Å²) in [7, 11) is 0. The van der Waals surface area contributed by atoms with Gasteiger partial charge in [-0.1, -0.05) is 11.6 Å². The van der Waals surface area contributed by atoms with E-state index in [1.54, 1.807) is 18.2 Å². The lowest BCUT2D eigenvalue weighted by atomic mass is 9.88. The van der Waals surface area contributed by atoms with Crippen LogP contribution in [0, 0.1) is 11.3 Å². The van der Waals surface area contributed by atoms with E-state index in [0.29, 0.717) is 27.1 Å². The fourth-order valence-electron chi connectivity index (χ4n) is 4.83. The van der Waals surface area contributed by atoms with Gasteiger partial charge in [-0.25, -0.2) is 9.78 Å². The molecule has 148 valence electrons. The second-order valence-electron chi connectivity index (χ2n) is 7.82. The van der Waals surface area contributed by atoms with Gasteiger partial charge in [0, 0.05) is 34.7 Å². The van der Waals surface area contributed by atoms with E-state index in [1.165, 1.54) is 11.3 Å². The molecule has 0 saturated heterocycles. The summed E-state index contributed by atoms with van der Waals surface area (Å²) in [5.41, 5.74) is 4.68. The highest BCUT2D eigenvalue weighted by Gasteiger charge is 2.30. The largest absolute Gasteiger partial charge is 0.436 e. The van der Waals surface area contributed by atoms with E-state index in [2.05, 4.69) is 16.0 Å². The summed E-state index contributed by atoms with van der Waals surface area (Å²) in [4.78, 5) is 19.8. The summed E-state index contributed by atoms with van der Waals surface area (Å²) in [5, 5.41) is 11.2. The monoisotopic (exact) mass is 417 g/mol. The highest BCUT2D eigenvalue weighted by Crippen LogP contribution is 2.41. The van der Waals surface area contributed by atoms with Crippen molar-refractivity contribution < 1.29 is 8.83 Å². The summed E-state index contributed by atoms with van der Waals surface area (Å²) < 4.78 is 11.6. The molecule has 2 aromatic heterocycles. The maximum atomic E-state index is 13.0. The molecule has 0 saturated carbocycles. The van der Waals surface area contributed by atoms with Crippen LogP contribution in [0.5, 0.6) is 0 Å². The molecule has 2 aliphatic rings. The Balaban J connectivity index is 1.68. The van der Waals surface area contributed by atoms with Crippen LogP contribution in [0.3, 0.4) is 0 Å². The number of nitrogens with zero attached hydrogens (tertiary/aromatic N) is 3. The molecule has 6 nitrogen and oxygen atoms in total. The van der Waals surface area contributed by atoms with Gasteiger partial charge in [0.2, 0.25) is 5.89 Å². The van der Waals surface area contributed by atoms with Crippen molar-refractivity contribution in [2.75, 3.05) is 18.0 Å². The first-order chi connectivity index (χ1) is 14.6. The number of aryl methyl sites for hydroxylation is 2. The number of nitriles is 1. The molecule has 0 atom stereocenters. The van der Waals surface area contributed by atoms with Crippen LogP contribution < -0.4 is 10.5 Å². The normalized spacial score (nSPS) is 15.4. The summed E-state index contributed by atoms with van der Waals surface area (Å²) in [6, 6.07) is 9.27. The van der Waals surface area contributed by atoms with Crippen LogP contribution in [0.4, 0.5) is 5.69 Å². The Morgan fingerprint density at radius 3 is 2.80 bits per heavy atom. The van der Waals surface area contributed by atoms with E-state index in [1.807, 2.05) is 6.07 Å². The molecular weight excluding hydrogens is 402 g/mol. The van der Waals surface area contributed by atoms with Gasteiger partial charge in [-0.15, -0.1) is 0 Å². The summed E-state index contributed by atoms with van der Waals surface area (Å²) in [6.07, 6.45) is 3.88. The van der Waals surface area contributed by atoms with Crippen LogP contribution in [0.15, 0.2) is 37.9 Å². The van der Waals surface area contributed by atoms with Gasteiger partial charge >= 0.3 is 5.63 Å². The van der Waals surface area contributed by atoms with Crippen molar-refractivity contribution in [3.05, 3.63) is 56.4 Å². The number of anilines is 1. The summed E-state index contributed by atoms with van der Waals surface area (Å²) in [5.74, 6) is 0.0764. The molecule has 0 spiro atoms. The molecular formula is C23H16ClN3O3. The lowest BCUT2D eigenvalue weighted by Crippen LogP contribution is -2.34. The maximum Gasteiger partial charge on any atom is 0.350 e. The van der Waals surface area contributed by atoms with Crippen LogP contribution >= 0.6 is 11.6 Å². The number of oxazole rings is 1. The van der Waals surface area contributed by atoms with Gasteiger partial charge < -0.3 is 13.7 Å². The van der Waals surface area contributed by atoms with Gasteiger partial charge in [-0.2, -0.15) is 5.26 Å². The molecule has 2 aromatic carbocycles. The third-order valence-corrected chi connectivity index (χ3v) is 6.30. The van der Waals surface area contributed by atoms with Crippen LogP contribution in [0.25, 0.3) is 33.5 Å². The Morgan fingerprint density at radius 2 is 1.97 bits per heavy atom. The number of hydrogen-bond acceptors (Lipinski definition) is 6. The molecule has 30 heavy (non-hydrogen) atoms. The minimum atomic E-state index is -0.610. The van der Waals surface area contributed by atoms with Gasteiger partial charge in [-0.3, -0.25) is 0 Å². The standard InChI is InChI=1S/C23H16ClN3O3/c24-13-5-6-18-17(10-13)26-22(29-18)19-16(11-25)15-9-12-3-1-7-27-8-2-4-14(20(12)27)21(15)30-23(19)28/h5-6,9-10H,1-4,7-8H2. The molecule has 4 heterocycles. The van der Waals surface area contributed by atoms with Crippen LogP contribution in [-0.4, -0.2) is 18.1 Å². The molecule has 0 radical (unpaired) electrons. The smallest absolute Gasteiger partial charge is 0.350 e. The molecule has 0 fully saturated rings. The minimum absolute atomic E-state index is 0.0629. The Bertz CT molecular complexity index is 1460. The Morgan fingerprint density at radius 1 is 1.13 bits per heavy atom. The fraction of sp³-hybridized carbons (Fsp3) is 0.261. The molecule has 0 amide bonds. The van der Waals surface area contributed by atoms with Crippen molar-refractivity contribution >= 4 is 39.4 Å². The van der Waals surface area contributed by atoms with Gasteiger partial charge in [0.1, 0.15) is 22.7 Å². The van der Waals surface area contributed by atoms with E-state index in [0.717, 1.165) is 44.3 Å². The van der Waals surface area contributed by atoms with E-state index < -0.39 is 5.63 Å². The lowest BCUT2D eigenvalue weighted by Gasteiger charge is -2.37. The third-order valence-electron chi connectivity index (χ3n) is 6.07. The third kappa shape index (κ3) is 2.42. The topological polar surface area (TPSA) is 83.3 Å². The number of benzene rings is 2. The van der Waals surface area contributed by atoms with Gasteiger partial charge in [-0.05, 0) is 55.5 Å². The minimum Gasteiger partial charge on any atom is -0.436 e. The number of fused-ring (bicyclic) bond motifs is 3.